The second kappa shape index (κ2) is 4.74. The summed E-state index contributed by atoms with van der Waals surface area (Å²) in [5.74, 6) is 0.192. The van der Waals surface area contributed by atoms with Crippen molar-refractivity contribution < 1.29 is 4.39 Å². The van der Waals surface area contributed by atoms with Crippen LogP contribution in [0.1, 0.15) is 20.3 Å². The molecule has 0 bridgehead atoms. The predicted octanol–water partition coefficient (Wildman–Crippen LogP) is 1.59. The van der Waals surface area contributed by atoms with Gasteiger partial charge in [0.1, 0.15) is 6.17 Å². The molecule has 0 aliphatic carbocycles. The highest BCUT2D eigenvalue weighted by Gasteiger charge is 2.11. The highest BCUT2D eigenvalue weighted by atomic mass is 19.1. The number of rotatable bonds is 4. The second-order valence-electron chi connectivity index (χ2n) is 2.46. The molecule has 2 atom stereocenters. The Labute approximate surface area is 56.6 Å². The van der Waals surface area contributed by atoms with E-state index >= 15 is 0 Å². The van der Waals surface area contributed by atoms with Gasteiger partial charge < -0.3 is 5.32 Å². The molecule has 0 saturated heterocycles. The Kier molecular flexibility index (Phi) is 4.68. The van der Waals surface area contributed by atoms with E-state index in [9.17, 15) is 4.39 Å². The molecule has 0 rings (SSSR count). The summed E-state index contributed by atoms with van der Waals surface area (Å²) in [5, 5.41) is 2.81. The second-order valence-corrected chi connectivity index (χ2v) is 2.46. The third kappa shape index (κ3) is 3.46. The maximum Gasteiger partial charge on any atom is 0.115 e. The summed E-state index contributed by atoms with van der Waals surface area (Å²) in [6.07, 6.45) is 0.239. The van der Waals surface area contributed by atoms with Gasteiger partial charge in [0.25, 0.3) is 0 Å². The Morgan fingerprint density at radius 2 is 2.11 bits per heavy atom. The molecular weight excluding hydrogens is 117 g/mol. The van der Waals surface area contributed by atoms with Crippen LogP contribution in [-0.2, 0) is 0 Å². The van der Waals surface area contributed by atoms with Crippen LogP contribution in [0, 0.1) is 5.92 Å². The van der Waals surface area contributed by atoms with Gasteiger partial charge in [-0.25, -0.2) is 4.39 Å². The first-order chi connectivity index (χ1) is 4.22. The minimum Gasteiger partial charge on any atom is -0.317 e. The highest BCUT2D eigenvalue weighted by molar-refractivity contribution is 4.64. The molecule has 56 valence electrons. The zero-order chi connectivity index (χ0) is 7.28. The van der Waals surface area contributed by atoms with Gasteiger partial charge in [-0.1, -0.05) is 20.3 Å². The van der Waals surface area contributed by atoms with Crippen LogP contribution in [0.2, 0.25) is 0 Å². The molecule has 0 unspecified atom stereocenters. The fraction of sp³-hybridized carbons (Fsp3) is 1.00. The summed E-state index contributed by atoms with van der Waals surface area (Å²) in [4.78, 5) is 0. The van der Waals surface area contributed by atoms with E-state index in [2.05, 4.69) is 5.32 Å². The number of hydrogen-bond acceptors (Lipinski definition) is 1. The van der Waals surface area contributed by atoms with Gasteiger partial charge in [0, 0.05) is 6.54 Å². The Morgan fingerprint density at radius 1 is 1.56 bits per heavy atom. The molecule has 0 amide bonds. The number of hydrogen-bond donors (Lipinski definition) is 1. The normalized spacial score (nSPS) is 17.3. The van der Waals surface area contributed by atoms with Crippen molar-refractivity contribution in [2.24, 2.45) is 5.92 Å². The van der Waals surface area contributed by atoms with Crippen molar-refractivity contribution in [3.8, 4) is 0 Å². The van der Waals surface area contributed by atoms with Crippen LogP contribution in [0.15, 0.2) is 0 Å². The fourth-order valence-corrected chi connectivity index (χ4v) is 0.652. The summed E-state index contributed by atoms with van der Waals surface area (Å²) >= 11 is 0. The largest absolute Gasteiger partial charge is 0.317 e. The van der Waals surface area contributed by atoms with E-state index in [4.69, 9.17) is 0 Å². The molecule has 0 heterocycles. The van der Waals surface area contributed by atoms with Gasteiger partial charge in [0.05, 0.1) is 0 Å². The van der Waals surface area contributed by atoms with Crippen LogP contribution < -0.4 is 5.32 Å². The zero-order valence-corrected chi connectivity index (χ0v) is 6.45. The van der Waals surface area contributed by atoms with E-state index in [1.807, 2.05) is 13.8 Å². The van der Waals surface area contributed by atoms with Crippen LogP contribution in [0.5, 0.6) is 0 Å². The molecule has 0 spiro atoms. The molecule has 9 heavy (non-hydrogen) atoms. The molecule has 0 aliphatic heterocycles. The number of alkyl halides is 1. The van der Waals surface area contributed by atoms with E-state index in [-0.39, 0.29) is 5.92 Å². The molecule has 2 heteroatoms. The summed E-state index contributed by atoms with van der Waals surface area (Å²) in [5.41, 5.74) is 0. The van der Waals surface area contributed by atoms with Crippen LogP contribution >= 0.6 is 0 Å². The standard InChI is InChI=1S/C7H16FN/c1-4-6(2)7(8)5-9-3/h6-7,9H,4-5H2,1-3H3/t6-,7-/m1/s1. The topological polar surface area (TPSA) is 12.0 Å². The lowest BCUT2D eigenvalue weighted by molar-refractivity contribution is 0.233. The Morgan fingerprint density at radius 3 is 2.44 bits per heavy atom. The quantitative estimate of drug-likeness (QED) is 0.614. The average Bonchev–Trinajstić information content (AvgIpc) is 1.87. The lowest BCUT2D eigenvalue weighted by Gasteiger charge is -2.13. The smallest absolute Gasteiger partial charge is 0.115 e. The SMILES string of the molecule is CC[C@@H](C)[C@H](F)CNC. The van der Waals surface area contributed by atoms with Gasteiger partial charge >= 0.3 is 0 Å². The Hall–Kier alpha value is -0.110. The predicted molar refractivity (Wildman–Crippen MR) is 38.3 cm³/mol. The molecule has 1 N–H and O–H groups in total. The van der Waals surface area contributed by atoms with Gasteiger partial charge in [-0.3, -0.25) is 0 Å². The summed E-state index contributed by atoms with van der Waals surface area (Å²) in [6.45, 7) is 4.42. The molecule has 0 aromatic heterocycles. The van der Waals surface area contributed by atoms with Gasteiger partial charge in [-0.05, 0) is 13.0 Å². The third-order valence-electron chi connectivity index (χ3n) is 1.66. The first-order valence-electron chi connectivity index (χ1n) is 3.51. The van der Waals surface area contributed by atoms with Gasteiger partial charge in [-0.15, -0.1) is 0 Å². The first-order valence-corrected chi connectivity index (χ1v) is 3.51. The molecular formula is C7H16FN. The van der Waals surface area contributed by atoms with Crippen LogP contribution in [0.4, 0.5) is 4.39 Å². The molecule has 0 aromatic rings. The van der Waals surface area contributed by atoms with Gasteiger partial charge in [0.15, 0.2) is 0 Å². The third-order valence-corrected chi connectivity index (χ3v) is 1.66. The van der Waals surface area contributed by atoms with Crippen molar-refractivity contribution in [2.75, 3.05) is 13.6 Å². The van der Waals surface area contributed by atoms with Crippen LogP contribution in [0.3, 0.4) is 0 Å². The number of nitrogens with one attached hydrogen (secondary N) is 1. The van der Waals surface area contributed by atoms with E-state index in [0.29, 0.717) is 6.54 Å². The van der Waals surface area contributed by atoms with Crippen molar-refractivity contribution in [2.45, 2.75) is 26.4 Å². The summed E-state index contributed by atoms with van der Waals surface area (Å²) < 4.78 is 12.7. The minimum absolute atomic E-state index is 0.192. The molecule has 0 fully saturated rings. The van der Waals surface area contributed by atoms with E-state index in [1.165, 1.54) is 0 Å². The van der Waals surface area contributed by atoms with E-state index < -0.39 is 6.17 Å². The summed E-state index contributed by atoms with van der Waals surface area (Å²) in [6, 6.07) is 0. The molecule has 0 radical (unpaired) electrons. The first kappa shape index (κ1) is 8.89. The van der Waals surface area contributed by atoms with Crippen molar-refractivity contribution in [3.63, 3.8) is 0 Å². The Balaban J connectivity index is 3.32. The highest BCUT2D eigenvalue weighted by Crippen LogP contribution is 2.09. The zero-order valence-electron chi connectivity index (χ0n) is 6.45. The summed E-state index contributed by atoms with van der Waals surface area (Å²) in [7, 11) is 1.77. The van der Waals surface area contributed by atoms with Crippen molar-refractivity contribution in [3.05, 3.63) is 0 Å². The van der Waals surface area contributed by atoms with E-state index in [1.54, 1.807) is 7.05 Å². The van der Waals surface area contributed by atoms with Gasteiger partial charge in [0.2, 0.25) is 0 Å². The van der Waals surface area contributed by atoms with Crippen LogP contribution in [-0.4, -0.2) is 19.8 Å². The average molecular weight is 133 g/mol. The van der Waals surface area contributed by atoms with Crippen LogP contribution in [0.25, 0.3) is 0 Å². The Bertz CT molecular complexity index is 65.9. The monoisotopic (exact) mass is 133 g/mol. The minimum atomic E-state index is -0.681. The van der Waals surface area contributed by atoms with Crippen molar-refractivity contribution in [1.29, 1.82) is 0 Å². The maximum absolute atomic E-state index is 12.7. The lowest BCUT2D eigenvalue weighted by atomic mass is 10.0. The molecule has 0 aromatic carbocycles. The fourth-order valence-electron chi connectivity index (χ4n) is 0.652. The van der Waals surface area contributed by atoms with Crippen molar-refractivity contribution in [1.82, 2.24) is 5.32 Å². The molecule has 0 saturated carbocycles. The van der Waals surface area contributed by atoms with Gasteiger partial charge in [-0.2, -0.15) is 0 Å². The van der Waals surface area contributed by atoms with E-state index in [0.717, 1.165) is 6.42 Å². The van der Waals surface area contributed by atoms with Crippen molar-refractivity contribution >= 4 is 0 Å². The number of halogens is 1. The maximum atomic E-state index is 12.7. The molecule has 1 nitrogen and oxygen atoms in total. The molecule has 0 aliphatic rings. The lowest BCUT2D eigenvalue weighted by Crippen LogP contribution is -2.25.